The molecule has 1 saturated heterocycles. The van der Waals surface area contributed by atoms with E-state index in [9.17, 15) is 9.90 Å². The Morgan fingerprint density at radius 3 is 2.62 bits per heavy atom. The highest BCUT2D eigenvalue weighted by Gasteiger charge is 2.32. The predicted molar refractivity (Wildman–Crippen MR) is 154 cm³/mol. The monoisotopic (exact) mass is 537 g/mol. The van der Waals surface area contributed by atoms with Gasteiger partial charge in [-0.05, 0) is 77.0 Å². The van der Waals surface area contributed by atoms with Crippen molar-refractivity contribution in [3.8, 4) is 0 Å². The van der Waals surface area contributed by atoms with Crippen molar-refractivity contribution >= 4 is 34.9 Å². The number of aromatic nitrogens is 4. The molecule has 0 radical (unpaired) electrons. The Kier molecular flexibility index (Phi) is 8.06. The first kappa shape index (κ1) is 27.4. The van der Waals surface area contributed by atoms with E-state index in [1.807, 2.05) is 0 Å². The molecule has 0 bridgehead atoms. The first-order chi connectivity index (χ1) is 18.7. The molecule has 0 spiro atoms. The number of imidazole rings is 1. The quantitative estimate of drug-likeness (QED) is 0.223. The molecule has 3 atom stereocenters. The molecule has 2 aromatic rings. The smallest absolute Gasteiger partial charge is 0.433 e. The van der Waals surface area contributed by atoms with Gasteiger partial charge in [-0.2, -0.15) is 9.98 Å². The molecule has 3 fully saturated rings. The number of nitrogens with zero attached hydrogens (tertiary/aromatic N) is 6. The number of anilines is 2. The average Bonchev–Trinajstić information content (AvgIpc) is 3.22. The maximum atomic E-state index is 11.3. The zero-order chi connectivity index (χ0) is 27.7. The van der Waals surface area contributed by atoms with Crippen LogP contribution in [0.4, 0.5) is 16.6 Å². The van der Waals surface area contributed by atoms with E-state index in [4.69, 9.17) is 15.7 Å². The van der Waals surface area contributed by atoms with E-state index >= 15 is 0 Å². The molecule has 11 nitrogen and oxygen atoms in total. The van der Waals surface area contributed by atoms with E-state index in [1.165, 1.54) is 19.3 Å². The number of nitrogens with two attached hydrogens (primary N) is 1. The molecule has 2 saturated carbocycles. The van der Waals surface area contributed by atoms with Gasteiger partial charge in [-0.25, -0.2) is 14.8 Å². The minimum atomic E-state index is -1.38. The number of rotatable bonds is 8. The van der Waals surface area contributed by atoms with Crippen LogP contribution >= 0.6 is 0 Å². The second kappa shape index (κ2) is 11.5. The Morgan fingerprint density at radius 1 is 1.23 bits per heavy atom. The highest BCUT2D eigenvalue weighted by Crippen LogP contribution is 2.36. The zero-order valence-electron chi connectivity index (χ0n) is 23.4. The summed E-state index contributed by atoms with van der Waals surface area (Å²) in [7, 11) is 0. The van der Waals surface area contributed by atoms with E-state index in [1.54, 1.807) is 0 Å². The predicted octanol–water partition coefficient (Wildman–Crippen LogP) is 3.99. The minimum absolute atomic E-state index is 0.0811. The molecule has 1 aliphatic heterocycles. The van der Waals surface area contributed by atoms with E-state index in [2.05, 4.69) is 63.5 Å². The molecule has 11 heteroatoms. The number of carbonyl (C=O) groups is 1. The van der Waals surface area contributed by atoms with Crippen LogP contribution in [0.5, 0.6) is 0 Å². The van der Waals surface area contributed by atoms with Gasteiger partial charge in [-0.1, -0.05) is 12.5 Å². The minimum Gasteiger partial charge on any atom is -0.463 e. The van der Waals surface area contributed by atoms with Crippen LogP contribution < -0.4 is 21.3 Å². The van der Waals surface area contributed by atoms with Crippen LogP contribution in [0.1, 0.15) is 71.5 Å². The SMILES string of the molecule is C=CC1CCC(Cn2c(N3C[C@H](C)NC[C@H]3C)nc3nc(/C(N)=N/C(=O)O)nc(N[C@H](C)C4CCC4)c32)CC1. The fourth-order valence-electron chi connectivity index (χ4n) is 6.22. The summed E-state index contributed by atoms with van der Waals surface area (Å²) in [5, 5.41) is 16.4. The Morgan fingerprint density at radius 2 is 1.97 bits per heavy atom. The largest absolute Gasteiger partial charge is 0.463 e. The molecule has 3 heterocycles. The van der Waals surface area contributed by atoms with Gasteiger partial charge in [-0.15, -0.1) is 6.58 Å². The molecular formula is C28H43N9O2. The number of piperazine rings is 1. The highest BCUT2D eigenvalue weighted by atomic mass is 16.4. The first-order valence-electron chi connectivity index (χ1n) is 14.5. The number of nitrogens with one attached hydrogen (secondary N) is 2. The number of amidine groups is 1. The lowest BCUT2D eigenvalue weighted by molar-refractivity contribution is 0.205. The van der Waals surface area contributed by atoms with Gasteiger partial charge in [0.15, 0.2) is 23.1 Å². The van der Waals surface area contributed by atoms with Crippen molar-refractivity contribution < 1.29 is 9.90 Å². The number of fused-ring (bicyclic) bond motifs is 1. The van der Waals surface area contributed by atoms with E-state index < -0.39 is 6.09 Å². The fraction of sp³-hybridized carbons (Fsp3) is 0.679. The lowest BCUT2D eigenvalue weighted by atomic mass is 9.80. The molecule has 3 aliphatic rings. The normalized spacial score (nSPS) is 27.3. The molecule has 1 amide bonds. The van der Waals surface area contributed by atoms with Crippen molar-refractivity contribution in [3.63, 3.8) is 0 Å². The molecule has 2 aliphatic carbocycles. The molecule has 0 unspecified atom stereocenters. The number of allylic oxidation sites excluding steroid dienone is 1. The second-order valence-electron chi connectivity index (χ2n) is 11.8. The van der Waals surface area contributed by atoms with Crippen LogP contribution in [0.2, 0.25) is 0 Å². The van der Waals surface area contributed by atoms with Crippen molar-refractivity contribution in [2.24, 2.45) is 28.5 Å². The summed E-state index contributed by atoms with van der Waals surface area (Å²) >= 11 is 0. The lowest BCUT2D eigenvalue weighted by Gasteiger charge is -2.39. The van der Waals surface area contributed by atoms with E-state index in [0.717, 1.165) is 56.8 Å². The van der Waals surface area contributed by atoms with Gasteiger partial charge in [0.2, 0.25) is 5.95 Å². The highest BCUT2D eigenvalue weighted by molar-refractivity contribution is 6.01. The molecular weight excluding hydrogens is 494 g/mol. The summed E-state index contributed by atoms with van der Waals surface area (Å²) in [6.07, 6.45) is 8.93. The lowest BCUT2D eigenvalue weighted by Crippen LogP contribution is -2.55. The van der Waals surface area contributed by atoms with Crippen LogP contribution in [-0.4, -0.2) is 67.8 Å². The first-order valence-corrected chi connectivity index (χ1v) is 14.5. The Hall–Kier alpha value is -3.21. The van der Waals surface area contributed by atoms with E-state index in [-0.39, 0.29) is 23.7 Å². The third-order valence-corrected chi connectivity index (χ3v) is 8.94. The average molecular weight is 538 g/mol. The summed E-state index contributed by atoms with van der Waals surface area (Å²) in [4.78, 5) is 31.6. The van der Waals surface area contributed by atoms with Gasteiger partial charge in [-0.3, -0.25) is 0 Å². The maximum absolute atomic E-state index is 11.3. The van der Waals surface area contributed by atoms with Crippen molar-refractivity contribution in [2.75, 3.05) is 23.3 Å². The summed E-state index contributed by atoms with van der Waals surface area (Å²) in [5.41, 5.74) is 7.41. The Labute approximate surface area is 230 Å². The molecule has 212 valence electrons. The summed E-state index contributed by atoms with van der Waals surface area (Å²) < 4.78 is 2.31. The van der Waals surface area contributed by atoms with Gasteiger partial charge >= 0.3 is 6.09 Å². The van der Waals surface area contributed by atoms with E-state index in [0.29, 0.717) is 35.3 Å². The number of hydrogen-bond donors (Lipinski definition) is 4. The molecule has 0 aromatic carbocycles. The fourth-order valence-corrected chi connectivity index (χ4v) is 6.22. The van der Waals surface area contributed by atoms with Crippen molar-refractivity contribution in [3.05, 3.63) is 18.5 Å². The van der Waals surface area contributed by atoms with Gasteiger partial charge in [0.05, 0.1) is 0 Å². The Bertz CT molecular complexity index is 1230. The standard InChI is InChI=1S/C28H43N9O2/c1-5-19-9-11-20(12-10-19)15-37-22-24(31-18(4)21-7-6-8-21)33-26(23(29)32-28(38)39)34-25(22)35-27(37)36-14-16(2)30-13-17(36)3/h5,16-21,30H,1,6-15H2,2-4H3,(H2,29,32)(H,38,39)(H,31,33,34)/t16-,17+,18+,19?,20?/m0/s1. The topological polar surface area (TPSA) is 147 Å². The zero-order valence-corrected chi connectivity index (χ0v) is 23.4. The summed E-state index contributed by atoms with van der Waals surface area (Å²) in [5.74, 6) is 3.07. The third-order valence-electron chi connectivity index (χ3n) is 8.94. The maximum Gasteiger partial charge on any atom is 0.433 e. The number of aliphatic imine (C=N–C) groups is 1. The van der Waals surface area contributed by atoms with Gasteiger partial charge in [0.1, 0.15) is 5.52 Å². The van der Waals surface area contributed by atoms with Gasteiger partial charge < -0.3 is 30.9 Å². The molecule has 5 N–H and O–H groups in total. The van der Waals surface area contributed by atoms with Crippen LogP contribution in [0, 0.1) is 17.8 Å². The molecule has 2 aromatic heterocycles. The van der Waals surface area contributed by atoms with Crippen molar-refractivity contribution in [1.29, 1.82) is 0 Å². The summed E-state index contributed by atoms with van der Waals surface area (Å²) in [6.45, 7) is 13.1. The number of carboxylic acid groups (broad SMARTS) is 1. The number of amides is 1. The van der Waals surface area contributed by atoms with Gasteiger partial charge in [0.25, 0.3) is 0 Å². The van der Waals surface area contributed by atoms with Crippen LogP contribution in [0.15, 0.2) is 17.6 Å². The second-order valence-corrected chi connectivity index (χ2v) is 11.8. The van der Waals surface area contributed by atoms with Crippen molar-refractivity contribution in [1.82, 2.24) is 24.8 Å². The number of hydrogen-bond acceptors (Lipinski definition) is 7. The van der Waals surface area contributed by atoms with Crippen LogP contribution in [-0.2, 0) is 6.54 Å². The Balaban J connectivity index is 1.62. The third kappa shape index (κ3) is 5.88. The van der Waals surface area contributed by atoms with Gasteiger partial charge in [0, 0.05) is 37.8 Å². The van der Waals surface area contributed by atoms with Crippen molar-refractivity contribution in [2.45, 2.75) is 90.4 Å². The molecule has 39 heavy (non-hydrogen) atoms. The summed E-state index contributed by atoms with van der Waals surface area (Å²) in [6, 6.07) is 0.786. The molecule has 5 rings (SSSR count). The van der Waals surface area contributed by atoms with Crippen LogP contribution in [0.3, 0.4) is 0 Å². The van der Waals surface area contributed by atoms with Crippen LogP contribution in [0.25, 0.3) is 11.2 Å².